The van der Waals surface area contributed by atoms with Crippen LogP contribution in [0.5, 0.6) is 0 Å². The fourth-order valence-corrected chi connectivity index (χ4v) is 3.14. The molecule has 112 valence electrons. The molecule has 21 heavy (non-hydrogen) atoms. The summed E-state index contributed by atoms with van der Waals surface area (Å²) in [6, 6.07) is 0. The number of rotatable bonds is 2. The number of aromatic nitrogens is 4. The standard InChI is InChI=1S/C14H18ClN5O/c1-9-11(15)12(19(2)18-9)14(21)20-7-3-4-10(8-20)13-16-5-6-17-13/h5-6,10H,3-4,7-8H2,1-2H3,(H,16,17)/t10-/m1/s1. The molecule has 1 atom stereocenters. The first-order valence-corrected chi connectivity index (χ1v) is 7.43. The summed E-state index contributed by atoms with van der Waals surface area (Å²) < 4.78 is 1.57. The van der Waals surface area contributed by atoms with Crippen LogP contribution in [0.2, 0.25) is 5.02 Å². The van der Waals surface area contributed by atoms with E-state index in [0.717, 1.165) is 25.2 Å². The van der Waals surface area contributed by atoms with Crippen molar-refractivity contribution < 1.29 is 4.79 Å². The van der Waals surface area contributed by atoms with Gasteiger partial charge in [0.05, 0.1) is 10.7 Å². The van der Waals surface area contributed by atoms with Gasteiger partial charge in [-0.3, -0.25) is 9.48 Å². The van der Waals surface area contributed by atoms with Gasteiger partial charge < -0.3 is 9.88 Å². The molecule has 1 fully saturated rings. The average Bonchev–Trinajstić information content (AvgIpc) is 3.08. The van der Waals surface area contributed by atoms with Crippen molar-refractivity contribution in [3.05, 3.63) is 34.6 Å². The number of aromatic amines is 1. The predicted octanol–water partition coefficient (Wildman–Crippen LogP) is 2.12. The lowest BCUT2D eigenvalue weighted by Gasteiger charge is -2.31. The molecule has 2 aromatic rings. The maximum absolute atomic E-state index is 12.7. The Kier molecular flexibility index (Phi) is 3.71. The van der Waals surface area contributed by atoms with Crippen LogP contribution in [0.3, 0.4) is 0 Å². The van der Waals surface area contributed by atoms with Gasteiger partial charge in [-0.15, -0.1) is 0 Å². The van der Waals surface area contributed by atoms with Crippen molar-refractivity contribution in [3.8, 4) is 0 Å². The summed E-state index contributed by atoms with van der Waals surface area (Å²) in [5.74, 6) is 1.14. The Hall–Kier alpha value is -1.82. The molecule has 3 rings (SSSR count). The number of nitrogens with one attached hydrogen (secondary N) is 1. The average molecular weight is 308 g/mol. The van der Waals surface area contributed by atoms with Gasteiger partial charge >= 0.3 is 0 Å². The Labute approximate surface area is 128 Å². The maximum atomic E-state index is 12.7. The largest absolute Gasteiger partial charge is 0.348 e. The number of hydrogen-bond acceptors (Lipinski definition) is 3. The summed E-state index contributed by atoms with van der Waals surface area (Å²) >= 11 is 6.21. The normalized spacial score (nSPS) is 19.0. The molecule has 0 unspecified atom stereocenters. The minimum atomic E-state index is -0.0562. The molecule has 0 saturated carbocycles. The summed E-state index contributed by atoms with van der Waals surface area (Å²) in [5, 5.41) is 4.66. The van der Waals surface area contributed by atoms with E-state index in [1.807, 2.05) is 11.1 Å². The van der Waals surface area contributed by atoms with Gasteiger partial charge in [-0.25, -0.2) is 4.98 Å². The maximum Gasteiger partial charge on any atom is 0.273 e. The Morgan fingerprint density at radius 2 is 2.33 bits per heavy atom. The van der Waals surface area contributed by atoms with Gasteiger partial charge in [0.25, 0.3) is 5.91 Å². The zero-order valence-electron chi connectivity index (χ0n) is 12.1. The van der Waals surface area contributed by atoms with E-state index in [1.54, 1.807) is 24.9 Å². The molecule has 1 aliphatic heterocycles. The fourth-order valence-electron chi connectivity index (χ4n) is 2.90. The first-order valence-electron chi connectivity index (χ1n) is 7.05. The van der Waals surface area contributed by atoms with E-state index in [9.17, 15) is 4.79 Å². The van der Waals surface area contributed by atoms with E-state index >= 15 is 0 Å². The molecule has 0 spiro atoms. The first-order chi connectivity index (χ1) is 10.1. The van der Waals surface area contributed by atoms with Gasteiger partial charge in [-0.2, -0.15) is 5.10 Å². The van der Waals surface area contributed by atoms with Crippen molar-refractivity contribution in [2.24, 2.45) is 7.05 Å². The molecule has 7 heteroatoms. The number of carbonyl (C=O) groups is 1. The number of H-pyrrole nitrogens is 1. The molecule has 1 aliphatic rings. The molecular weight excluding hydrogens is 290 g/mol. The van der Waals surface area contributed by atoms with E-state index in [1.165, 1.54) is 0 Å². The van der Waals surface area contributed by atoms with Crippen LogP contribution in [0, 0.1) is 6.92 Å². The lowest BCUT2D eigenvalue weighted by atomic mass is 9.97. The van der Waals surface area contributed by atoms with Gasteiger partial charge in [0.15, 0.2) is 0 Å². The topological polar surface area (TPSA) is 66.8 Å². The SMILES string of the molecule is Cc1nn(C)c(C(=O)N2CCC[C@@H](c3ncc[nH]3)C2)c1Cl. The highest BCUT2D eigenvalue weighted by Gasteiger charge is 2.30. The van der Waals surface area contributed by atoms with Gasteiger partial charge in [0.2, 0.25) is 0 Å². The lowest BCUT2D eigenvalue weighted by molar-refractivity contribution is 0.0694. The van der Waals surface area contributed by atoms with Crippen LogP contribution < -0.4 is 0 Å². The number of imidazole rings is 1. The third kappa shape index (κ3) is 2.55. The van der Waals surface area contributed by atoms with Gasteiger partial charge in [-0.05, 0) is 19.8 Å². The van der Waals surface area contributed by atoms with Crippen LogP contribution in [0.4, 0.5) is 0 Å². The minimum absolute atomic E-state index is 0.0562. The summed E-state index contributed by atoms with van der Waals surface area (Å²) in [6.07, 6.45) is 5.57. The van der Waals surface area contributed by atoms with Crippen LogP contribution >= 0.6 is 11.6 Å². The number of piperidine rings is 1. The van der Waals surface area contributed by atoms with E-state index < -0.39 is 0 Å². The third-order valence-electron chi connectivity index (χ3n) is 3.97. The highest BCUT2D eigenvalue weighted by molar-refractivity contribution is 6.34. The van der Waals surface area contributed by atoms with Crippen molar-refractivity contribution in [3.63, 3.8) is 0 Å². The van der Waals surface area contributed by atoms with Crippen LogP contribution in [0.1, 0.15) is 40.8 Å². The van der Waals surface area contributed by atoms with Crippen LogP contribution in [0.25, 0.3) is 0 Å². The number of amides is 1. The van der Waals surface area contributed by atoms with Gasteiger partial charge in [0, 0.05) is 38.4 Å². The van der Waals surface area contributed by atoms with Crippen molar-refractivity contribution in [2.75, 3.05) is 13.1 Å². The van der Waals surface area contributed by atoms with Gasteiger partial charge in [0.1, 0.15) is 11.5 Å². The summed E-state index contributed by atoms with van der Waals surface area (Å²) in [7, 11) is 1.75. The predicted molar refractivity (Wildman–Crippen MR) is 79.4 cm³/mol. The number of halogens is 1. The Morgan fingerprint density at radius 1 is 1.52 bits per heavy atom. The first kappa shape index (κ1) is 14.1. The fraction of sp³-hybridized carbons (Fsp3) is 0.500. The van der Waals surface area contributed by atoms with Gasteiger partial charge in [-0.1, -0.05) is 11.6 Å². The van der Waals surface area contributed by atoms with E-state index in [4.69, 9.17) is 11.6 Å². The molecule has 6 nitrogen and oxygen atoms in total. The van der Waals surface area contributed by atoms with Crippen LogP contribution in [-0.2, 0) is 7.05 Å². The lowest BCUT2D eigenvalue weighted by Crippen LogP contribution is -2.40. The third-order valence-corrected chi connectivity index (χ3v) is 4.42. The highest BCUT2D eigenvalue weighted by Crippen LogP contribution is 2.27. The van der Waals surface area contributed by atoms with Crippen molar-refractivity contribution >= 4 is 17.5 Å². The molecule has 0 radical (unpaired) electrons. The summed E-state index contributed by atoms with van der Waals surface area (Å²) in [5.41, 5.74) is 1.15. The van der Waals surface area contributed by atoms with E-state index in [-0.39, 0.29) is 11.8 Å². The molecule has 2 aromatic heterocycles. The molecule has 0 aliphatic carbocycles. The molecule has 1 N–H and O–H groups in total. The van der Waals surface area contributed by atoms with Crippen LogP contribution in [-0.4, -0.2) is 43.6 Å². The Bertz CT molecular complexity index is 649. The Balaban J connectivity index is 1.81. The molecular formula is C14H18ClN5O. The van der Waals surface area contributed by atoms with E-state index in [0.29, 0.717) is 23.0 Å². The summed E-state index contributed by atoms with van der Waals surface area (Å²) in [6.45, 7) is 3.21. The van der Waals surface area contributed by atoms with Crippen molar-refractivity contribution in [2.45, 2.75) is 25.7 Å². The van der Waals surface area contributed by atoms with Crippen molar-refractivity contribution in [1.29, 1.82) is 0 Å². The zero-order chi connectivity index (χ0) is 15.0. The van der Waals surface area contributed by atoms with Crippen molar-refractivity contribution in [1.82, 2.24) is 24.6 Å². The molecule has 1 saturated heterocycles. The second-order valence-corrected chi connectivity index (χ2v) is 5.81. The van der Waals surface area contributed by atoms with Crippen LogP contribution in [0.15, 0.2) is 12.4 Å². The number of nitrogens with zero attached hydrogens (tertiary/aromatic N) is 4. The number of hydrogen-bond donors (Lipinski definition) is 1. The zero-order valence-corrected chi connectivity index (χ0v) is 12.9. The molecule has 1 amide bonds. The number of likely N-dealkylation sites (tertiary alicyclic amines) is 1. The second-order valence-electron chi connectivity index (χ2n) is 5.44. The molecule has 0 aromatic carbocycles. The molecule has 3 heterocycles. The number of aryl methyl sites for hydroxylation is 2. The quantitative estimate of drug-likeness (QED) is 0.924. The smallest absolute Gasteiger partial charge is 0.273 e. The Morgan fingerprint density at radius 3 is 2.95 bits per heavy atom. The molecule has 0 bridgehead atoms. The summed E-state index contributed by atoms with van der Waals surface area (Å²) in [4.78, 5) is 22.0. The monoisotopic (exact) mass is 307 g/mol. The minimum Gasteiger partial charge on any atom is -0.348 e. The van der Waals surface area contributed by atoms with E-state index in [2.05, 4.69) is 15.1 Å². The number of carbonyl (C=O) groups excluding carboxylic acids is 1. The highest BCUT2D eigenvalue weighted by atomic mass is 35.5. The second kappa shape index (κ2) is 5.52.